The van der Waals surface area contributed by atoms with Gasteiger partial charge in [-0.15, -0.1) is 0 Å². The van der Waals surface area contributed by atoms with E-state index >= 15 is 0 Å². The minimum Gasteiger partial charge on any atom is -0.508 e. The number of hydrogen-bond acceptors (Lipinski definition) is 5. The second kappa shape index (κ2) is 9.79. The van der Waals surface area contributed by atoms with E-state index in [4.69, 9.17) is 16.0 Å². The fourth-order valence-corrected chi connectivity index (χ4v) is 3.96. The number of carbonyl (C=O) groups excluding carboxylic acids is 3. The lowest BCUT2D eigenvalue weighted by Crippen LogP contribution is -2.57. The van der Waals surface area contributed by atoms with Crippen LogP contribution < -0.4 is 5.32 Å². The molecule has 1 aliphatic rings. The van der Waals surface area contributed by atoms with Gasteiger partial charge in [0.2, 0.25) is 11.8 Å². The number of halogens is 1. The Morgan fingerprint density at radius 2 is 1.85 bits per heavy atom. The maximum atomic E-state index is 13.5. The van der Waals surface area contributed by atoms with E-state index in [1.807, 2.05) is 0 Å². The number of hydrogen-bond donors (Lipinski definition) is 2. The molecule has 4 rings (SSSR count). The highest BCUT2D eigenvalue weighted by atomic mass is 35.5. The Labute approximate surface area is 195 Å². The van der Waals surface area contributed by atoms with Gasteiger partial charge in [0.1, 0.15) is 30.6 Å². The molecule has 1 aromatic heterocycles. The third-order valence-corrected chi connectivity index (χ3v) is 5.71. The normalized spacial score (nSPS) is 16.2. The molecule has 33 heavy (non-hydrogen) atoms. The van der Waals surface area contributed by atoms with E-state index in [9.17, 15) is 19.5 Å². The molecule has 170 valence electrons. The van der Waals surface area contributed by atoms with Gasteiger partial charge < -0.3 is 24.6 Å². The van der Waals surface area contributed by atoms with Crippen LogP contribution in [0.25, 0.3) is 0 Å². The van der Waals surface area contributed by atoms with Crippen LogP contribution in [0.1, 0.15) is 22.9 Å². The molecule has 0 bridgehead atoms. The maximum absolute atomic E-state index is 13.5. The van der Waals surface area contributed by atoms with Gasteiger partial charge >= 0.3 is 0 Å². The lowest BCUT2D eigenvalue weighted by Gasteiger charge is -2.40. The van der Waals surface area contributed by atoms with Crippen molar-refractivity contribution in [3.8, 4) is 5.75 Å². The van der Waals surface area contributed by atoms with Gasteiger partial charge in [-0.2, -0.15) is 0 Å². The summed E-state index contributed by atoms with van der Waals surface area (Å²) in [7, 11) is 0. The molecule has 3 aromatic rings. The fourth-order valence-electron chi connectivity index (χ4n) is 3.72. The van der Waals surface area contributed by atoms with Crippen LogP contribution in [0.15, 0.2) is 71.3 Å². The monoisotopic (exact) mass is 467 g/mol. The molecule has 9 heteroatoms. The molecular formula is C24H22ClN3O5. The van der Waals surface area contributed by atoms with Gasteiger partial charge in [-0.1, -0.05) is 41.9 Å². The zero-order valence-corrected chi connectivity index (χ0v) is 18.4. The van der Waals surface area contributed by atoms with Crippen LogP contribution >= 0.6 is 11.6 Å². The lowest BCUT2D eigenvalue weighted by atomic mass is 9.99. The molecule has 1 atom stereocenters. The summed E-state index contributed by atoms with van der Waals surface area (Å²) in [5, 5.41) is 12.6. The Balaban J connectivity index is 1.56. The number of furan rings is 1. The summed E-state index contributed by atoms with van der Waals surface area (Å²) in [6.07, 6.45) is 1.51. The Hall–Kier alpha value is -3.78. The number of piperazine rings is 1. The molecule has 0 aliphatic carbocycles. The predicted octanol–water partition coefficient (Wildman–Crippen LogP) is 2.87. The number of rotatable bonds is 7. The molecule has 1 aliphatic heterocycles. The van der Waals surface area contributed by atoms with Crippen molar-refractivity contribution < 1.29 is 23.9 Å². The molecule has 0 saturated carbocycles. The minimum atomic E-state index is -0.980. The Morgan fingerprint density at radius 1 is 1.09 bits per heavy atom. The first kappa shape index (κ1) is 22.4. The molecule has 2 N–H and O–H groups in total. The van der Waals surface area contributed by atoms with E-state index in [-0.39, 0.29) is 37.8 Å². The predicted molar refractivity (Wildman–Crippen MR) is 120 cm³/mol. The summed E-state index contributed by atoms with van der Waals surface area (Å²) in [5.41, 5.74) is 1.23. The van der Waals surface area contributed by atoms with Crippen molar-refractivity contribution in [2.75, 3.05) is 13.1 Å². The maximum Gasteiger partial charge on any atom is 0.251 e. The largest absolute Gasteiger partial charge is 0.508 e. The summed E-state index contributed by atoms with van der Waals surface area (Å²) in [4.78, 5) is 41.8. The third-order valence-electron chi connectivity index (χ3n) is 5.37. The standard InChI is InChI=1S/C24H22ClN3O5/c25-20-6-2-1-5-19(20)23-24(32)27(14-21(30)26-12-18-4-3-11-33-18)15-22(31)28(23)13-16-7-9-17(29)10-8-16/h1-11,23,29H,12-15H2,(H,26,30). The molecule has 8 nitrogen and oxygen atoms in total. The van der Waals surface area contributed by atoms with E-state index in [1.165, 1.54) is 28.2 Å². The second-order valence-corrected chi connectivity index (χ2v) is 8.07. The average Bonchev–Trinajstić information content (AvgIpc) is 3.32. The first-order valence-electron chi connectivity index (χ1n) is 10.3. The van der Waals surface area contributed by atoms with Crippen molar-refractivity contribution in [3.63, 3.8) is 0 Å². The third kappa shape index (κ3) is 5.18. The van der Waals surface area contributed by atoms with Gasteiger partial charge in [0.05, 0.1) is 12.8 Å². The summed E-state index contributed by atoms with van der Waals surface area (Å²) in [6.45, 7) is -0.159. The van der Waals surface area contributed by atoms with E-state index in [0.717, 1.165) is 5.56 Å². The van der Waals surface area contributed by atoms with Crippen LogP contribution in [-0.4, -0.2) is 45.7 Å². The van der Waals surface area contributed by atoms with Crippen molar-refractivity contribution >= 4 is 29.3 Å². The van der Waals surface area contributed by atoms with Crippen LogP contribution in [0.4, 0.5) is 0 Å². The lowest BCUT2D eigenvalue weighted by molar-refractivity contribution is -0.158. The highest BCUT2D eigenvalue weighted by Gasteiger charge is 2.41. The Kier molecular flexibility index (Phi) is 6.65. The van der Waals surface area contributed by atoms with E-state index in [2.05, 4.69) is 5.32 Å². The Bertz CT molecular complexity index is 1150. The first-order valence-corrected chi connectivity index (χ1v) is 10.7. The topological polar surface area (TPSA) is 103 Å². The number of nitrogens with zero attached hydrogens (tertiary/aromatic N) is 2. The van der Waals surface area contributed by atoms with Gasteiger partial charge in [0.25, 0.3) is 5.91 Å². The van der Waals surface area contributed by atoms with Gasteiger partial charge in [-0.3, -0.25) is 14.4 Å². The molecule has 3 amide bonds. The average molecular weight is 468 g/mol. The van der Waals surface area contributed by atoms with Crippen LogP contribution in [0.3, 0.4) is 0 Å². The van der Waals surface area contributed by atoms with E-state index in [1.54, 1.807) is 48.5 Å². The number of amides is 3. The molecular weight excluding hydrogens is 446 g/mol. The highest BCUT2D eigenvalue weighted by Crippen LogP contribution is 2.33. The molecule has 0 radical (unpaired) electrons. The van der Waals surface area contributed by atoms with E-state index < -0.39 is 17.9 Å². The van der Waals surface area contributed by atoms with Gasteiger partial charge in [-0.25, -0.2) is 0 Å². The summed E-state index contributed by atoms with van der Waals surface area (Å²) in [5.74, 6) is -0.425. The summed E-state index contributed by atoms with van der Waals surface area (Å²) < 4.78 is 5.19. The number of carbonyl (C=O) groups is 3. The smallest absolute Gasteiger partial charge is 0.251 e. The number of phenolic OH excluding ortho intramolecular Hbond substituents is 1. The zero-order chi connectivity index (χ0) is 23.4. The van der Waals surface area contributed by atoms with Crippen molar-refractivity contribution in [2.24, 2.45) is 0 Å². The van der Waals surface area contributed by atoms with Crippen molar-refractivity contribution in [1.29, 1.82) is 0 Å². The fraction of sp³-hybridized carbons (Fsp3) is 0.208. The van der Waals surface area contributed by atoms with Crippen LogP contribution in [0.5, 0.6) is 5.75 Å². The van der Waals surface area contributed by atoms with Crippen molar-refractivity contribution in [1.82, 2.24) is 15.1 Å². The second-order valence-electron chi connectivity index (χ2n) is 7.66. The zero-order valence-electron chi connectivity index (χ0n) is 17.6. The minimum absolute atomic E-state index is 0.106. The SMILES string of the molecule is O=C(CN1CC(=O)N(Cc2ccc(O)cc2)C(c2ccccc2Cl)C1=O)NCc1ccco1. The molecule has 1 unspecified atom stereocenters. The quantitative estimate of drug-likeness (QED) is 0.556. The van der Waals surface area contributed by atoms with Crippen LogP contribution in [0, 0.1) is 0 Å². The molecule has 1 fully saturated rings. The molecule has 2 aromatic carbocycles. The summed E-state index contributed by atoms with van der Waals surface area (Å²) in [6, 6.07) is 15.7. The summed E-state index contributed by atoms with van der Waals surface area (Å²) >= 11 is 6.39. The number of nitrogens with one attached hydrogen (secondary N) is 1. The number of benzene rings is 2. The molecule has 2 heterocycles. The van der Waals surface area contributed by atoms with E-state index in [0.29, 0.717) is 16.3 Å². The van der Waals surface area contributed by atoms with Crippen LogP contribution in [-0.2, 0) is 27.5 Å². The first-order chi connectivity index (χ1) is 15.9. The number of phenols is 1. The molecule has 1 saturated heterocycles. The van der Waals surface area contributed by atoms with Gasteiger partial charge in [0, 0.05) is 17.1 Å². The molecule has 0 spiro atoms. The van der Waals surface area contributed by atoms with Crippen molar-refractivity contribution in [2.45, 2.75) is 19.1 Å². The highest BCUT2D eigenvalue weighted by molar-refractivity contribution is 6.31. The van der Waals surface area contributed by atoms with Crippen molar-refractivity contribution in [3.05, 3.63) is 88.8 Å². The van der Waals surface area contributed by atoms with Gasteiger partial charge in [0.15, 0.2) is 0 Å². The van der Waals surface area contributed by atoms with Crippen LogP contribution in [0.2, 0.25) is 5.02 Å². The number of aromatic hydroxyl groups is 1. The Morgan fingerprint density at radius 3 is 2.55 bits per heavy atom. The van der Waals surface area contributed by atoms with Gasteiger partial charge in [-0.05, 0) is 35.9 Å².